The molecule has 1 aliphatic heterocycles. The quantitative estimate of drug-likeness (QED) is 0.536. The molecule has 0 bridgehead atoms. The number of hydrogen-bond acceptors (Lipinski definition) is 2. The fourth-order valence-electron chi connectivity index (χ4n) is 0.552. The second-order valence-corrected chi connectivity index (χ2v) is 1.52. The van der Waals surface area contributed by atoms with Crippen LogP contribution in [-0.4, -0.2) is 13.7 Å². The number of hydrogen-bond donors (Lipinski definition) is 1. The van der Waals surface area contributed by atoms with Crippen LogP contribution in [0.5, 0.6) is 0 Å². The molecule has 2 heteroatoms. The monoisotopic (exact) mass is 111 g/mol. The Bertz CT molecular complexity index is 126. The molecule has 0 saturated carbocycles. The molecule has 44 valence electrons. The average molecular weight is 111 g/mol. The van der Waals surface area contributed by atoms with E-state index in [4.69, 9.17) is 4.74 Å². The number of nitrogens with one attached hydrogen (secondary N) is 1. The van der Waals surface area contributed by atoms with Gasteiger partial charge in [-0.2, -0.15) is 0 Å². The topological polar surface area (TPSA) is 21.3 Å². The first-order chi connectivity index (χ1) is 3.93. The molecular formula is C6H9NO. The molecular weight excluding hydrogens is 102 g/mol. The van der Waals surface area contributed by atoms with Gasteiger partial charge in [-0.3, -0.25) is 0 Å². The van der Waals surface area contributed by atoms with E-state index < -0.39 is 0 Å². The Morgan fingerprint density at radius 2 is 2.62 bits per heavy atom. The van der Waals surface area contributed by atoms with Crippen molar-refractivity contribution in [2.24, 2.45) is 0 Å². The minimum atomic E-state index is 0.687. The van der Waals surface area contributed by atoms with Gasteiger partial charge in [0.1, 0.15) is 6.61 Å². The van der Waals surface area contributed by atoms with Gasteiger partial charge < -0.3 is 10.1 Å². The first kappa shape index (κ1) is 5.22. The van der Waals surface area contributed by atoms with Gasteiger partial charge in [-0.25, -0.2) is 0 Å². The molecule has 1 N–H and O–H groups in total. The molecule has 1 rings (SSSR count). The summed E-state index contributed by atoms with van der Waals surface area (Å²) < 4.78 is 5.09. The summed E-state index contributed by atoms with van der Waals surface area (Å²) in [7, 11) is 1.84. The van der Waals surface area contributed by atoms with Crippen LogP contribution >= 0.6 is 0 Å². The molecule has 0 aliphatic carbocycles. The Morgan fingerprint density at radius 3 is 3.00 bits per heavy atom. The van der Waals surface area contributed by atoms with Crippen LogP contribution in [0.4, 0.5) is 0 Å². The van der Waals surface area contributed by atoms with E-state index in [-0.39, 0.29) is 0 Å². The van der Waals surface area contributed by atoms with E-state index in [9.17, 15) is 0 Å². The molecule has 0 radical (unpaired) electrons. The zero-order valence-electron chi connectivity index (χ0n) is 4.85. The van der Waals surface area contributed by atoms with Crippen LogP contribution in [0.15, 0.2) is 24.1 Å². The van der Waals surface area contributed by atoms with E-state index in [0.717, 1.165) is 5.88 Å². The first-order valence-corrected chi connectivity index (χ1v) is 2.61. The Kier molecular flexibility index (Phi) is 1.57. The van der Waals surface area contributed by atoms with Gasteiger partial charge in [-0.1, -0.05) is 6.08 Å². The van der Waals surface area contributed by atoms with Crippen LogP contribution in [-0.2, 0) is 4.74 Å². The molecule has 0 aromatic heterocycles. The lowest BCUT2D eigenvalue weighted by molar-refractivity contribution is 0.224. The minimum Gasteiger partial charge on any atom is -0.475 e. The fraction of sp³-hybridized carbons (Fsp3) is 0.333. The number of rotatable bonds is 1. The van der Waals surface area contributed by atoms with E-state index in [0.29, 0.717) is 6.61 Å². The average Bonchev–Trinajstić information content (AvgIpc) is 1.90. The van der Waals surface area contributed by atoms with Crippen LogP contribution in [0.25, 0.3) is 0 Å². The second-order valence-electron chi connectivity index (χ2n) is 1.52. The van der Waals surface area contributed by atoms with Crippen molar-refractivity contribution in [3.05, 3.63) is 24.1 Å². The third kappa shape index (κ3) is 1.03. The Labute approximate surface area is 48.8 Å². The van der Waals surface area contributed by atoms with Crippen LogP contribution in [0.1, 0.15) is 0 Å². The molecule has 0 unspecified atom stereocenters. The summed E-state index contributed by atoms with van der Waals surface area (Å²) >= 11 is 0. The van der Waals surface area contributed by atoms with E-state index in [1.807, 2.05) is 25.3 Å². The summed E-state index contributed by atoms with van der Waals surface area (Å²) in [5.74, 6) is 0.840. The lowest BCUT2D eigenvalue weighted by Gasteiger charge is -2.08. The Morgan fingerprint density at radius 1 is 1.75 bits per heavy atom. The molecule has 0 atom stereocenters. The predicted octanol–water partition coefficient (Wildman–Crippen LogP) is 0.634. The number of allylic oxidation sites excluding steroid dienone is 2. The number of ether oxygens (including phenoxy) is 1. The largest absolute Gasteiger partial charge is 0.475 e. The molecule has 2 nitrogen and oxygen atoms in total. The van der Waals surface area contributed by atoms with Crippen molar-refractivity contribution in [3.63, 3.8) is 0 Å². The maximum atomic E-state index is 5.09. The van der Waals surface area contributed by atoms with Crippen molar-refractivity contribution in [2.75, 3.05) is 13.7 Å². The maximum absolute atomic E-state index is 5.09. The van der Waals surface area contributed by atoms with Gasteiger partial charge >= 0.3 is 0 Å². The van der Waals surface area contributed by atoms with Crippen LogP contribution in [0, 0.1) is 0 Å². The summed E-state index contributed by atoms with van der Waals surface area (Å²) in [4.78, 5) is 0. The van der Waals surface area contributed by atoms with Crippen molar-refractivity contribution in [3.8, 4) is 0 Å². The highest BCUT2D eigenvalue weighted by molar-refractivity contribution is 5.09. The summed E-state index contributed by atoms with van der Waals surface area (Å²) in [5, 5.41) is 2.89. The second kappa shape index (κ2) is 2.40. The highest BCUT2D eigenvalue weighted by atomic mass is 16.5. The highest BCUT2D eigenvalue weighted by Crippen LogP contribution is 1.97. The van der Waals surface area contributed by atoms with Crippen molar-refractivity contribution in [1.29, 1.82) is 0 Å². The third-order valence-corrected chi connectivity index (χ3v) is 0.965. The Hall–Kier alpha value is -0.920. The molecule has 1 aliphatic rings. The van der Waals surface area contributed by atoms with Gasteiger partial charge in [0.05, 0.1) is 0 Å². The van der Waals surface area contributed by atoms with E-state index in [2.05, 4.69) is 5.32 Å². The SMILES string of the molecule is CNC1=CC=CCO1. The molecule has 0 amide bonds. The molecule has 8 heavy (non-hydrogen) atoms. The van der Waals surface area contributed by atoms with Crippen LogP contribution < -0.4 is 5.32 Å². The van der Waals surface area contributed by atoms with Crippen molar-refractivity contribution >= 4 is 0 Å². The lowest BCUT2D eigenvalue weighted by Crippen LogP contribution is -2.10. The maximum Gasteiger partial charge on any atom is 0.186 e. The smallest absolute Gasteiger partial charge is 0.186 e. The summed E-state index contributed by atoms with van der Waals surface area (Å²) in [6, 6.07) is 0. The van der Waals surface area contributed by atoms with Crippen LogP contribution in [0.2, 0.25) is 0 Å². The lowest BCUT2D eigenvalue weighted by atomic mass is 10.4. The third-order valence-electron chi connectivity index (χ3n) is 0.965. The first-order valence-electron chi connectivity index (χ1n) is 2.61. The fourth-order valence-corrected chi connectivity index (χ4v) is 0.552. The van der Waals surface area contributed by atoms with E-state index >= 15 is 0 Å². The Balaban J connectivity index is 2.50. The van der Waals surface area contributed by atoms with Gasteiger partial charge in [-0.15, -0.1) is 0 Å². The van der Waals surface area contributed by atoms with Crippen molar-refractivity contribution < 1.29 is 4.74 Å². The standard InChI is InChI=1S/C6H9NO/c1-7-6-4-2-3-5-8-6/h2-4,7H,5H2,1H3. The van der Waals surface area contributed by atoms with E-state index in [1.165, 1.54) is 0 Å². The van der Waals surface area contributed by atoms with Gasteiger partial charge in [0.25, 0.3) is 0 Å². The predicted molar refractivity (Wildman–Crippen MR) is 32.2 cm³/mol. The van der Waals surface area contributed by atoms with Gasteiger partial charge in [0, 0.05) is 7.05 Å². The van der Waals surface area contributed by atoms with Crippen molar-refractivity contribution in [1.82, 2.24) is 5.32 Å². The highest BCUT2D eigenvalue weighted by Gasteiger charge is 1.92. The molecule has 0 fully saturated rings. The van der Waals surface area contributed by atoms with Gasteiger partial charge in [0.2, 0.25) is 0 Å². The van der Waals surface area contributed by atoms with E-state index in [1.54, 1.807) is 0 Å². The minimum absolute atomic E-state index is 0.687. The normalized spacial score (nSPS) is 16.9. The summed E-state index contributed by atoms with van der Waals surface area (Å²) in [5.41, 5.74) is 0. The molecule has 0 saturated heterocycles. The zero-order chi connectivity index (χ0) is 5.82. The molecule has 0 aromatic carbocycles. The molecule has 1 heterocycles. The van der Waals surface area contributed by atoms with Gasteiger partial charge in [-0.05, 0) is 12.2 Å². The zero-order valence-corrected chi connectivity index (χ0v) is 4.85. The molecule has 0 spiro atoms. The summed E-state index contributed by atoms with van der Waals surface area (Å²) in [6.07, 6.45) is 5.82. The van der Waals surface area contributed by atoms with Gasteiger partial charge in [0.15, 0.2) is 5.88 Å². The summed E-state index contributed by atoms with van der Waals surface area (Å²) in [6.45, 7) is 0.687. The molecule has 0 aromatic rings. The van der Waals surface area contributed by atoms with Crippen molar-refractivity contribution in [2.45, 2.75) is 0 Å². The van der Waals surface area contributed by atoms with Crippen LogP contribution in [0.3, 0.4) is 0 Å².